The number of methoxy groups -OCH3 is 1. The van der Waals surface area contributed by atoms with Crippen molar-refractivity contribution in [3.63, 3.8) is 0 Å². The monoisotopic (exact) mass is 117 g/mol. The summed E-state index contributed by atoms with van der Waals surface area (Å²) < 4.78 is 4.64. The molecule has 0 aliphatic heterocycles. The largest absolute Gasteiger partial charge is 0.483 e. The van der Waals surface area contributed by atoms with Gasteiger partial charge in [-0.25, -0.2) is 0 Å². The molecular formula is C5H11NO2. The summed E-state index contributed by atoms with van der Waals surface area (Å²) in [6.45, 7) is 4.06. The van der Waals surface area contributed by atoms with Gasteiger partial charge in [-0.05, 0) is 6.58 Å². The molecule has 8 heavy (non-hydrogen) atoms. The summed E-state index contributed by atoms with van der Waals surface area (Å²) in [6, 6.07) is 0. The van der Waals surface area contributed by atoms with E-state index in [0.29, 0.717) is 12.4 Å². The molecule has 0 aliphatic carbocycles. The summed E-state index contributed by atoms with van der Waals surface area (Å²) >= 11 is 0. The molecule has 0 saturated heterocycles. The summed E-state index contributed by atoms with van der Waals surface area (Å²) in [5.74, 6) is 0.485. The lowest BCUT2D eigenvalue weighted by Crippen LogP contribution is -2.17. The zero-order chi connectivity index (χ0) is 6.41. The number of hydrogen-bond donors (Lipinski definition) is 2. The quantitative estimate of drug-likeness (QED) is 0.496. The van der Waals surface area contributed by atoms with Crippen molar-refractivity contribution in [2.45, 2.75) is 0 Å². The standard InChI is InChI=1S/C5H11NO2/c1-5(8-2)6-3-4-7/h6-7H,1,3-4H2,2H3. The van der Waals surface area contributed by atoms with E-state index in [1.807, 2.05) is 0 Å². The van der Waals surface area contributed by atoms with Gasteiger partial charge in [0, 0.05) is 6.54 Å². The van der Waals surface area contributed by atoms with Crippen LogP contribution in [0.25, 0.3) is 0 Å². The molecule has 0 atom stereocenters. The van der Waals surface area contributed by atoms with Gasteiger partial charge in [-0.15, -0.1) is 0 Å². The fourth-order valence-electron chi connectivity index (χ4n) is 0.267. The molecule has 0 spiro atoms. The first-order valence-corrected chi connectivity index (χ1v) is 2.39. The Hall–Kier alpha value is -0.700. The van der Waals surface area contributed by atoms with Gasteiger partial charge in [0.25, 0.3) is 0 Å². The third-order valence-electron chi connectivity index (χ3n) is 0.680. The zero-order valence-electron chi connectivity index (χ0n) is 4.98. The van der Waals surface area contributed by atoms with E-state index < -0.39 is 0 Å². The SMILES string of the molecule is C=C(NCCO)OC. The number of aliphatic hydroxyl groups is 1. The molecule has 0 unspecified atom stereocenters. The minimum Gasteiger partial charge on any atom is -0.483 e. The summed E-state index contributed by atoms with van der Waals surface area (Å²) in [5.41, 5.74) is 0. The van der Waals surface area contributed by atoms with Crippen molar-refractivity contribution in [1.82, 2.24) is 5.32 Å². The van der Waals surface area contributed by atoms with Gasteiger partial charge in [0.15, 0.2) is 5.88 Å². The Labute approximate surface area is 49.0 Å². The van der Waals surface area contributed by atoms with Crippen molar-refractivity contribution >= 4 is 0 Å². The molecule has 0 amide bonds. The van der Waals surface area contributed by atoms with Crippen LogP contribution in [-0.2, 0) is 4.74 Å². The first-order valence-electron chi connectivity index (χ1n) is 2.39. The molecule has 0 saturated carbocycles. The fourth-order valence-corrected chi connectivity index (χ4v) is 0.267. The molecule has 0 heterocycles. The van der Waals surface area contributed by atoms with Crippen LogP contribution >= 0.6 is 0 Å². The molecule has 0 aromatic carbocycles. The fraction of sp³-hybridized carbons (Fsp3) is 0.600. The first-order chi connectivity index (χ1) is 3.81. The molecule has 3 nitrogen and oxygen atoms in total. The van der Waals surface area contributed by atoms with E-state index in [-0.39, 0.29) is 6.61 Å². The molecule has 0 bridgehead atoms. The predicted molar refractivity (Wildman–Crippen MR) is 31.2 cm³/mol. The van der Waals surface area contributed by atoms with Gasteiger partial charge in [-0.2, -0.15) is 0 Å². The maximum atomic E-state index is 8.25. The lowest BCUT2D eigenvalue weighted by atomic mass is 10.7. The van der Waals surface area contributed by atoms with Crippen LogP contribution in [0.2, 0.25) is 0 Å². The number of nitrogens with one attached hydrogen (secondary N) is 1. The molecule has 0 fully saturated rings. The second-order valence-electron chi connectivity index (χ2n) is 1.28. The maximum Gasteiger partial charge on any atom is 0.178 e. The zero-order valence-corrected chi connectivity index (χ0v) is 4.98. The average Bonchev–Trinajstić information content (AvgIpc) is 1.83. The van der Waals surface area contributed by atoms with E-state index in [4.69, 9.17) is 5.11 Å². The minimum absolute atomic E-state index is 0.0996. The summed E-state index contributed by atoms with van der Waals surface area (Å²) in [7, 11) is 1.52. The van der Waals surface area contributed by atoms with Crippen molar-refractivity contribution < 1.29 is 9.84 Å². The predicted octanol–water partition coefficient (Wildman–Crippen LogP) is -0.314. The number of hydrogen-bond acceptors (Lipinski definition) is 3. The molecule has 2 N–H and O–H groups in total. The van der Waals surface area contributed by atoms with Crippen LogP contribution < -0.4 is 5.32 Å². The molecule has 0 aromatic rings. The Morgan fingerprint density at radius 2 is 2.50 bits per heavy atom. The van der Waals surface area contributed by atoms with Crippen LogP contribution in [0.3, 0.4) is 0 Å². The van der Waals surface area contributed by atoms with E-state index in [1.54, 1.807) is 0 Å². The summed E-state index contributed by atoms with van der Waals surface area (Å²) in [4.78, 5) is 0. The third-order valence-corrected chi connectivity index (χ3v) is 0.680. The average molecular weight is 117 g/mol. The normalized spacial score (nSPS) is 8.25. The van der Waals surface area contributed by atoms with Crippen LogP contribution in [0, 0.1) is 0 Å². The second kappa shape index (κ2) is 4.46. The third kappa shape index (κ3) is 3.49. The van der Waals surface area contributed by atoms with E-state index in [9.17, 15) is 0 Å². The van der Waals surface area contributed by atoms with Gasteiger partial charge in [-0.1, -0.05) is 0 Å². The number of aliphatic hydroxyl groups excluding tert-OH is 1. The molecule has 0 aliphatic rings. The molecule has 48 valence electrons. The van der Waals surface area contributed by atoms with Crippen LogP contribution in [0.5, 0.6) is 0 Å². The molecule has 0 rings (SSSR count). The topological polar surface area (TPSA) is 41.5 Å². The van der Waals surface area contributed by atoms with Gasteiger partial charge in [0.1, 0.15) is 0 Å². The lowest BCUT2D eigenvalue weighted by Gasteiger charge is -2.03. The molecule has 0 aromatic heterocycles. The van der Waals surface area contributed by atoms with E-state index in [2.05, 4.69) is 16.6 Å². The van der Waals surface area contributed by atoms with Crippen LogP contribution in [0.1, 0.15) is 0 Å². The Bertz CT molecular complexity index is 72.8. The first kappa shape index (κ1) is 7.30. The van der Waals surface area contributed by atoms with Crippen LogP contribution in [-0.4, -0.2) is 25.4 Å². The summed E-state index contributed by atoms with van der Waals surface area (Å²) in [5, 5.41) is 11.0. The highest BCUT2D eigenvalue weighted by Crippen LogP contribution is 1.79. The number of ether oxygens (including phenoxy) is 1. The van der Waals surface area contributed by atoms with E-state index in [0.717, 1.165) is 0 Å². The van der Waals surface area contributed by atoms with Crippen molar-refractivity contribution in [2.24, 2.45) is 0 Å². The highest BCUT2D eigenvalue weighted by molar-refractivity contribution is 4.76. The molecule has 0 radical (unpaired) electrons. The maximum absolute atomic E-state index is 8.25. The van der Waals surface area contributed by atoms with E-state index in [1.165, 1.54) is 7.11 Å². The van der Waals surface area contributed by atoms with Crippen LogP contribution in [0.15, 0.2) is 12.5 Å². The van der Waals surface area contributed by atoms with Crippen molar-refractivity contribution in [3.05, 3.63) is 12.5 Å². The number of rotatable bonds is 4. The van der Waals surface area contributed by atoms with Gasteiger partial charge >= 0.3 is 0 Å². The summed E-state index contributed by atoms with van der Waals surface area (Å²) in [6.07, 6.45) is 0. The van der Waals surface area contributed by atoms with Crippen molar-refractivity contribution in [1.29, 1.82) is 0 Å². The Kier molecular flexibility index (Phi) is 4.07. The Balaban J connectivity index is 2.99. The smallest absolute Gasteiger partial charge is 0.178 e. The highest BCUT2D eigenvalue weighted by Gasteiger charge is 1.84. The van der Waals surface area contributed by atoms with Crippen LogP contribution in [0.4, 0.5) is 0 Å². The molecular weight excluding hydrogens is 106 g/mol. The highest BCUT2D eigenvalue weighted by atomic mass is 16.5. The van der Waals surface area contributed by atoms with Gasteiger partial charge in [-0.3, -0.25) is 0 Å². The Morgan fingerprint density at radius 1 is 1.88 bits per heavy atom. The van der Waals surface area contributed by atoms with Crippen molar-refractivity contribution in [3.8, 4) is 0 Å². The Morgan fingerprint density at radius 3 is 2.88 bits per heavy atom. The lowest BCUT2D eigenvalue weighted by molar-refractivity contribution is 0.241. The van der Waals surface area contributed by atoms with Gasteiger partial charge < -0.3 is 15.2 Å². The molecule has 3 heteroatoms. The van der Waals surface area contributed by atoms with Gasteiger partial charge in [0.2, 0.25) is 0 Å². The minimum atomic E-state index is 0.0996. The second-order valence-corrected chi connectivity index (χ2v) is 1.28. The van der Waals surface area contributed by atoms with Gasteiger partial charge in [0.05, 0.1) is 13.7 Å². The van der Waals surface area contributed by atoms with Crippen molar-refractivity contribution in [2.75, 3.05) is 20.3 Å². The van der Waals surface area contributed by atoms with E-state index >= 15 is 0 Å².